The number of aromatic nitrogens is 1. The Bertz CT molecular complexity index is 795. The lowest BCUT2D eigenvalue weighted by molar-refractivity contribution is -0.706. The summed E-state index contributed by atoms with van der Waals surface area (Å²) in [6.45, 7) is 4.24. The number of hydrogen-bond acceptors (Lipinski definition) is 3. The van der Waals surface area contributed by atoms with E-state index in [9.17, 15) is 10.2 Å². The second kappa shape index (κ2) is 7.53. The Morgan fingerprint density at radius 2 is 1.78 bits per heavy atom. The van der Waals surface area contributed by atoms with Gasteiger partial charge in [-0.05, 0) is 23.3 Å². The molecule has 3 rings (SSSR count). The van der Waals surface area contributed by atoms with Crippen molar-refractivity contribution in [1.29, 1.82) is 0 Å². The van der Waals surface area contributed by atoms with Gasteiger partial charge in [0.2, 0.25) is 5.51 Å². The van der Waals surface area contributed by atoms with E-state index in [0.717, 1.165) is 26.9 Å². The zero-order valence-corrected chi connectivity index (χ0v) is 15.5. The second-order valence-corrected chi connectivity index (χ2v) is 6.47. The smallest absolute Gasteiger partial charge is 0.225 e. The van der Waals surface area contributed by atoms with Gasteiger partial charge in [0.1, 0.15) is 11.0 Å². The van der Waals surface area contributed by atoms with E-state index in [1.165, 1.54) is 11.3 Å². The van der Waals surface area contributed by atoms with Crippen LogP contribution in [0.4, 0.5) is 0 Å². The van der Waals surface area contributed by atoms with Gasteiger partial charge in [0.05, 0.1) is 6.10 Å². The monoisotopic (exact) mass is 393 g/mol. The first-order chi connectivity index (χ1) is 10.6. The number of halogens is 1. The minimum atomic E-state index is -0.578. The third kappa shape index (κ3) is 3.63. The van der Waals surface area contributed by atoms with Gasteiger partial charge in [-0.15, -0.1) is 0 Å². The van der Waals surface area contributed by atoms with Crippen LogP contribution in [0.3, 0.4) is 0 Å². The SMILES string of the molecule is Cc1c(C(C)O)sc[n+]1CC(O)c1cccc2ccccc12.[Br-]. The van der Waals surface area contributed by atoms with E-state index in [1.807, 2.05) is 47.3 Å². The summed E-state index contributed by atoms with van der Waals surface area (Å²) in [5.41, 5.74) is 3.92. The molecule has 2 atom stereocenters. The molecule has 5 heteroatoms. The number of hydrogen-bond donors (Lipinski definition) is 2. The van der Waals surface area contributed by atoms with Crippen molar-refractivity contribution < 1.29 is 31.8 Å². The van der Waals surface area contributed by atoms with Crippen LogP contribution in [-0.2, 0) is 6.54 Å². The fraction of sp³-hybridized carbons (Fsp3) is 0.278. The van der Waals surface area contributed by atoms with E-state index >= 15 is 0 Å². The topological polar surface area (TPSA) is 44.3 Å². The zero-order valence-electron chi connectivity index (χ0n) is 13.1. The molecule has 0 amide bonds. The summed E-state index contributed by atoms with van der Waals surface area (Å²) in [4.78, 5) is 0.949. The molecule has 0 bridgehead atoms. The summed E-state index contributed by atoms with van der Waals surface area (Å²) < 4.78 is 2.01. The Morgan fingerprint density at radius 3 is 2.48 bits per heavy atom. The molecule has 0 aliphatic carbocycles. The number of thiazole rings is 1. The highest BCUT2D eigenvalue weighted by Crippen LogP contribution is 2.25. The van der Waals surface area contributed by atoms with Crippen LogP contribution < -0.4 is 21.5 Å². The maximum atomic E-state index is 10.7. The van der Waals surface area contributed by atoms with Crippen LogP contribution in [-0.4, -0.2) is 10.2 Å². The van der Waals surface area contributed by atoms with Gasteiger partial charge in [0.25, 0.3) is 0 Å². The molecular formula is C18H20BrNO2S. The van der Waals surface area contributed by atoms with Crippen molar-refractivity contribution in [1.82, 2.24) is 0 Å². The number of nitrogens with zero attached hydrogens (tertiary/aromatic N) is 1. The van der Waals surface area contributed by atoms with Gasteiger partial charge in [0, 0.05) is 6.92 Å². The quantitative estimate of drug-likeness (QED) is 0.625. The second-order valence-electron chi connectivity index (χ2n) is 5.59. The molecule has 3 aromatic rings. The number of rotatable bonds is 4. The lowest BCUT2D eigenvalue weighted by Gasteiger charge is -2.11. The van der Waals surface area contributed by atoms with Gasteiger partial charge in [-0.1, -0.05) is 53.8 Å². The number of aliphatic hydroxyl groups is 2. The summed E-state index contributed by atoms with van der Waals surface area (Å²) in [7, 11) is 0. The van der Waals surface area contributed by atoms with Crippen molar-refractivity contribution in [3.63, 3.8) is 0 Å². The minimum Gasteiger partial charge on any atom is -1.00 e. The van der Waals surface area contributed by atoms with E-state index in [4.69, 9.17) is 0 Å². The molecule has 0 spiro atoms. The van der Waals surface area contributed by atoms with Gasteiger partial charge in [-0.3, -0.25) is 0 Å². The molecule has 2 N–H and O–H groups in total. The fourth-order valence-electron chi connectivity index (χ4n) is 2.83. The van der Waals surface area contributed by atoms with E-state index in [2.05, 4.69) is 12.1 Å². The first kappa shape index (κ1) is 18.1. The maximum absolute atomic E-state index is 10.7. The van der Waals surface area contributed by atoms with Crippen molar-refractivity contribution in [2.24, 2.45) is 0 Å². The zero-order chi connectivity index (χ0) is 15.7. The Kier molecular flexibility index (Phi) is 5.92. The molecular weight excluding hydrogens is 374 g/mol. The van der Waals surface area contributed by atoms with Gasteiger partial charge in [-0.25, -0.2) is 0 Å². The van der Waals surface area contributed by atoms with Gasteiger partial charge >= 0.3 is 0 Å². The third-order valence-electron chi connectivity index (χ3n) is 4.03. The highest BCUT2D eigenvalue weighted by Gasteiger charge is 2.22. The fourth-order valence-corrected chi connectivity index (χ4v) is 3.80. The average Bonchev–Trinajstić information content (AvgIpc) is 2.88. The van der Waals surface area contributed by atoms with Gasteiger partial charge in [0.15, 0.2) is 12.2 Å². The number of aliphatic hydroxyl groups excluding tert-OH is 2. The molecule has 23 heavy (non-hydrogen) atoms. The van der Waals surface area contributed by atoms with E-state index < -0.39 is 12.2 Å². The van der Waals surface area contributed by atoms with Crippen LogP contribution in [0.5, 0.6) is 0 Å². The molecule has 122 valence electrons. The molecule has 2 aromatic carbocycles. The molecule has 0 saturated carbocycles. The standard InChI is InChI=1S/C18H20NO2S.BrH/c1-12-18(13(2)20)22-11-19(12)10-17(21)16-9-5-7-14-6-3-4-8-15(14)16;/h3-9,11,13,17,20-21H,10H2,1-2H3;1H/q+1;/p-1. The first-order valence-electron chi connectivity index (χ1n) is 7.39. The Morgan fingerprint density at radius 1 is 1.09 bits per heavy atom. The highest BCUT2D eigenvalue weighted by atomic mass is 79.9. The van der Waals surface area contributed by atoms with E-state index in [1.54, 1.807) is 6.92 Å². The molecule has 0 saturated heterocycles. The summed E-state index contributed by atoms with van der Waals surface area (Å²) >= 11 is 1.53. The summed E-state index contributed by atoms with van der Waals surface area (Å²) in [6.07, 6.45) is -1.05. The summed E-state index contributed by atoms with van der Waals surface area (Å²) in [6, 6.07) is 14.1. The maximum Gasteiger partial charge on any atom is 0.225 e. The Balaban J connectivity index is 0.00000192. The Labute approximate surface area is 150 Å². The summed E-state index contributed by atoms with van der Waals surface area (Å²) in [5.74, 6) is 0. The summed E-state index contributed by atoms with van der Waals surface area (Å²) in [5, 5.41) is 22.6. The molecule has 0 radical (unpaired) electrons. The van der Waals surface area contributed by atoms with E-state index in [0.29, 0.717) is 6.54 Å². The molecule has 2 unspecified atom stereocenters. The Hall–Kier alpha value is -1.27. The number of benzene rings is 2. The van der Waals surface area contributed by atoms with Crippen molar-refractivity contribution >= 4 is 22.1 Å². The van der Waals surface area contributed by atoms with Crippen LogP contribution >= 0.6 is 11.3 Å². The predicted octanol–water partition coefficient (Wildman–Crippen LogP) is 0.288. The lowest BCUT2D eigenvalue weighted by atomic mass is 10.0. The molecule has 1 aromatic heterocycles. The minimum absolute atomic E-state index is 0. The van der Waals surface area contributed by atoms with Crippen LogP contribution in [0, 0.1) is 6.92 Å². The average molecular weight is 394 g/mol. The van der Waals surface area contributed by atoms with Crippen LogP contribution in [0.15, 0.2) is 48.0 Å². The van der Waals surface area contributed by atoms with Crippen molar-refractivity contribution in [3.8, 4) is 0 Å². The van der Waals surface area contributed by atoms with E-state index in [-0.39, 0.29) is 17.0 Å². The van der Waals surface area contributed by atoms with Gasteiger partial charge < -0.3 is 27.2 Å². The molecule has 0 aliphatic rings. The van der Waals surface area contributed by atoms with Crippen molar-refractivity contribution in [3.05, 3.63) is 64.1 Å². The van der Waals surface area contributed by atoms with Crippen LogP contribution in [0.2, 0.25) is 0 Å². The van der Waals surface area contributed by atoms with Crippen LogP contribution in [0.25, 0.3) is 10.8 Å². The normalized spacial score (nSPS) is 13.6. The molecule has 0 aliphatic heterocycles. The third-order valence-corrected chi connectivity index (χ3v) is 5.28. The molecule has 3 nitrogen and oxygen atoms in total. The predicted molar refractivity (Wildman–Crippen MR) is 88.8 cm³/mol. The largest absolute Gasteiger partial charge is 1.00 e. The van der Waals surface area contributed by atoms with Crippen LogP contribution in [0.1, 0.15) is 35.3 Å². The molecule has 1 heterocycles. The van der Waals surface area contributed by atoms with Gasteiger partial charge in [-0.2, -0.15) is 4.57 Å². The van der Waals surface area contributed by atoms with Crippen molar-refractivity contribution in [2.75, 3.05) is 0 Å². The highest BCUT2D eigenvalue weighted by molar-refractivity contribution is 7.09. The van der Waals surface area contributed by atoms with Crippen molar-refractivity contribution in [2.45, 2.75) is 32.6 Å². The first-order valence-corrected chi connectivity index (χ1v) is 8.27. The molecule has 0 fully saturated rings. The lowest BCUT2D eigenvalue weighted by Crippen LogP contribution is -3.00. The number of fused-ring (bicyclic) bond motifs is 1.